The number of hydrogen-bond donors (Lipinski definition) is 2. The summed E-state index contributed by atoms with van der Waals surface area (Å²) in [7, 11) is 1.79. The first-order valence-electron chi connectivity index (χ1n) is 8.02. The number of anilines is 1. The number of carbonyl (C=O) groups is 1. The Labute approximate surface area is 134 Å². The minimum Gasteiger partial charge on any atom is -0.327 e. The summed E-state index contributed by atoms with van der Waals surface area (Å²) in [6.07, 6.45) is 3.40. The van der Waals surface area contributed by atoms with Gasteiger partial charge in [-0.2, -0.15) is 0 Å². The number of rotatable bonds is 3. The van der Waals surface area contributed by atoms with E-state index in [4.69, 9.17) is 5.73 Å². The molecule has 3 N–H and O–H groups in total. The summed E-state index contributed by atoms with van der Waals surface area (Å²) in [6, 6.07) is 7.58. The van der Waals surface area contributed by atoms with E-state index in [1.165, 1.54) is 6.42 Å². The molecule has 4 rings (SSSR count). The second-order valence-corrected chi connectivity index (χ2v) is 6.63. The number of amides is 1. The number of benzene rings is 1. The highest BCUT2D eigenvalue weighted by Crippen LogP contribution is 2.47. The average molecular weight is 312 g/mol. The number of nitrogens with one attached hydrogen (secondary N) is 1. The zero-order valence-corrected chi connectivity index (χ0v) is 13.0. The third-order valence-corrected chi connectivity index (χ3v) is 5.29. The van der Waals surface area contributed by atoms with Gasteiger partial charge in [-0.15, -0.1) is 5.10 Å². The monoisotopic (exact) mass is 312 g/mol. The van der Waals surface area contributed by atoms with Crippen LogP contribution in [0.4, 0.5) is 5.69 Å². The highest BCUT2D eigenvalue weighted by atomic mass is 16.2. The normalized spacial score (nSPS) is 29.0. The molecule has 2 aliphatic carbocycles. The summed E-state index contributed by atoms with van der Waals surface area (Å²) in [6.45, 7) is 0. The highest BCUT2D eigenvalue weighted by Gasteiger charge is 2.49. The lowest BCUT2D eigenvalue weighted by atomic mass is 9.84. The van der Waals surface area contributed by atoms with Gasteiger partial charge in [0.2, 0.25) is 5.91 Å². The van der Waals surface area contributed by atoms with Crippen molar-refractivity contribution in [3.05, 3.63) is 24.3 Å². The molecule has 2 fully saturated rings. The van der Waals surface area contributed by atoms with Crippen LogP contribution in [0.15, 0.2) is 24.3 Å². The summed E-state index contributed by atoms with van der Waals surface area (Å²) in [5, 5.41) is 14.5. The smallest absolute Gasteiger partial charge is 0.229 e. The zero-order chi connectivity index (χ0) is 16.0. The van der Waals surface area contributed by atoms with Gasteiger partial charge in [0.15, 0.2) is 5.82 Å². The maximum Gasteiger partial charge on any atom is 0.229 e. The van der Waals surface area contributed by atoms with Crippen LogP contribution in [0.1, 0.15) is 19.3 Å². The Morgan fingerprint density at radius 2 is 2.17 bits per heavy atom. The van der Waals surface area contributed by atoms with Gasteiger partial charge in [-0.25, -0.2) is 4.68 Å². The minimum absolute atomic E-state index is 0.000118. The molecule has 1 heterocycles. The van der Waals surface area contributed by atoms with Gasteiger partial charge in [-0.1, -0.05) is 12.1 Å². The van der Waals surface area contributed by atoms with E-state index in [0.29, 0.717) is 17.7 Å². The van der Waals surface area contributed by atoms with Crippen LogP contribution in [-0.4, -0.2) is 32.2 Å². The van der Waals surface area contributed by atoms with Gasteiger partial charge in [0.1, 0.15) is 0 Å². The third-order valence-electron chi connectivity index (χ3n) is 5.29. The van der Waals surface area contributed by atoms with Crippen LogP contribution in [0.3, 0.4) is 0 Å². The summed E-state index contributed by atoms with van der Waals surface area (Å²) >= 11 is 0. The second kappa shape index (κ2) is 5.42. The van der Waals surface area contributed by atoms with E-state index in [2.05, 4.69) is 20.8 Å². The number of aryl methyl sites for hydroxylation is 1. The van der Waals surface area contributed by atoms with Crippen molar-refractivity contribution >= 4 is 11.6 Å². The van der Waals surface area contributed by atoms with Gasteiger partial charge >= 0.3 is 0 Å². The molecule has 1 aromatic heterocycles. The van der Waals surface area contributed by atoms with E-state index in [1.54, 1.807) is 11.7 Å². The van der Waals surface area contributed by atoms with Gasteiger partial charge in [-0.3, -0.25) is 4.79 Å². The first kappa shape index (κ1) is 14.3. The Bertz CT molecular complexity index is 740. The van der Waals surface area contributed by atoms with Crippen LogP contribution in [0, 0.1) is 17.8 Å². The Morgan fingerprint density at radius 1 is 1.35 bits per heavy atom. The molecule has 23 heavy (non-hydrogen) atoms. The quantitative estimate of drug-likeness (QED) is 0.887. The summed E-state index contributed by atoms with van der Waals surface area (Å²) < 4.78 is 1.60. The zero-order valence-electron chi connectivity index (χ0n) is 13.0. The molecule has 2 bridgehead atoms. The van der Waals surface area contributed by atoms with Crippen LogP contribution in [-0.2, 0) is 11.8 Å². The summed E-state index contributed by atoms with van der Waals surface area (Å²) in [5.74, 6) is 1.61. The molecule has 0 aliphatic heterocycles. The van der Waals surface area contributed by atoms with E-state index in [0.717, 1.165) is 24.1 Å². The molecule has 7 heteroatoms. The number of carbonyl (C=O) groups excluding carboxylic acids is 1. The van der Waals surface area contributed by atoms with Crippen LogP contribution >= 0.6 is 0 Å². The van der Waals surface area contributed by atoms with E-state index >= 15 is 0 Å². The van der Waals surface area contributed by atoms with E-state index < -0.39 is 0 Å². The van der Waals surface area contributed by atoms with Gasteiger partial charge in [0.25, 0.3) is 0 Å². The van der Waals surface area contributed by atoms with Crippen LogP contribution in [0.25, 0.3) is 11.4 Å². The molecule has 2 aliphatic rings. The molecule has 4 atom stereocenters. The van der Waals surface area contributed by atoms with Crippen LogP contribution < -0.4 is 11.1 Å². The molecule has 1 aromatic carbocycles. The lowest BCUT2D eigenvalue weighted by molar-refractivity contribution is -0.121. The van der Waals surface area contributed by atoms with Crippen molar-refractivity contribution in [1.82, 2.24) is 20.2 Å². The van der Waals surface area contributed by atoms with Crippen molar-refractivity contribution in [2.75, 3.05) is 5.32 Å². The van der Waals surface area contributed by atoms with Crippen molar-refractivity contribution < 1.29 is 4.79 Å². The molecule has 120 valence electrons. The highest BCUT2D eigenvalue weighted by molar-refractivity contribution is 5.94. The average Bonchev–Trinajstić information content (AvgIpc) is 3.23. The molecule has 2 saturated carbocycles. The lowest BCUT2D eigenvalue weighted by Crippen LogP contribution is -2.42. The Hall–Kier alpha value is -2.28. The maximum atomic E-state index is 12.6. The Kier molecular flexibility index (Phi) is 3.37. The van der Waals surface area contributed by atoms with E-state index in [9.17, 15) is 4.79 Å². The van der Waals surface area contributed by atoms with Gasteiger partial charge < -0.3 is 11.1 Å². The molecular weight excluding hydrogens is 292 g/mol. The maximum absolute atomic E-state index is 12.6. The minimum atomic E-state index is -0.0612. The van der Waals surface area contributed by atoms with Crippen molar-refractivity contribution in [3.8, 4) is 11.4 Å². The molecule has 0 spiro atoms. The number of nitrogens with two attached hydrogens (primary N) is 1. The van der Waals surface area contributed by atoms with E-state index in [-0.39, 0.29) is 17.9 Å². The number of aromatic nitrogens is 4. The predicted molar refractivity (Wildman–Crippen MR) is 85.2 cm³/mol. The number of hydrogen-bond acceptors (Lipinski definition) is 5. The van der Waals surface area contributed by atoms with E-state index in [1.807, 2.05) is 24.3 Å². The second-order valence-electron chi connectivity index (χ2n) is 6.63. The first-order chi connectivity index (χ1) is 11.1. The fraction of sp³-hybridized carbons (Fsp3) is 0.500. The number of fused-ring (bicyclic) bond motifs is 2. The molecule has 0 radical (unpaired) electrons. The summed E-state index contributed by atoms with van der Waals surface area (Å²) in [5.41, 5.74) is 7.88. The van der Waals surface area contributed by atoms with Crippen LogP contribution in [0.5, 0.6) is 0 Å². The predicted octanol–water partition coefficient (Wildman–Crippen LogP) is 1.19. The molecular formula is C16H20N6O. The summed E-state index contributed by atoms with van der Waals surface area (Å²) in [4.78, 5) is 12.6. The number of tetrazole rings is 1. The first-order valence-corrected chi connectivity index (χ1v) is 8.02. The fourth-order valence-corrected chi connectivity index (χ4v) is 4.16. The lowest BCUT2D eigenvalue weighted by Gasteiger charge is -2.27. The third kappa shape index (κ3) is 2.41. The van der Waals surface area contributed by atoms with Gasteiger partial charge in [0, 0.05) is 24.3 Å². The Balaban J connectivity index is 1.53. The SMILES string of the molecule is Cn1nnnc1-c1cccc(NC(=O)C2C3CCC(C3)C2N)c1. The molecule has 2 aromatic rings. The van der Waals surface area contributed by atoms with Crippen molar-refractivity contribution in [2.45, 2.75) is 25.3 Å². The Morgan fingerprint density at radius 3 is 2.87 bits per heavy atom. The topological polar surface area (TPSA) is 98.7 Å². The molecule has 1 amide bonds. The van der Waals surface area contributed by atoms with Gasteiger partial charge in [0.05, 0.1) is 5.92 Å². The molecule has 0 saturated heterocycles. The molecule has 7 nitrogen and oxygen atoms in total. The van der Waals surface area contributed by atoms with Crippen molar-refractivity contribution in [1.29, 1.82) is 0 Å². The van der Waals surface area contributed by atoms with Crippen molar-refractivity contribution in [2.24, 2.45) is 30.5 Å². The molecule has 4 unspecified atom stereocenters. The fourth-order valence-electron chi connectivity index (χ4n) is 4.16. The van der Waals surface area contributed by atoms with Crippen molar-refractivity contribution in [3.63, 3.8) is 0 Å². The standard InChI is InChI=1S/C16H20N6O/c1-22-15(19-20-21-22)11-3-2-4-12(8-11)18-16(23)13-9-5-6-10(7-9)14(13)17/h2-4,8-10,13-14H,5-7,17H2,1H3,(H,18,23). The number of nitrogens with zero attached hydrogens (tertiary/aromatic N) is 4. The van der Waals surface area contributed by atoms with Crippen LogP contribution in [0.2, 0.25) is 0 Å². The van der Waals surface area contributed by atoms with Gasteiger partial charge in [-0.05, 0) is 53.7 Å². The largest absolute Gasteiger partial charge is 0.327 e.